The predicted molar refractivity (Wildman–Crippen MR) is 34.6 cm³/mol. The Morgan fingerprint density at radius 1 is 1.31 bits per heavy atom. The van der Waals surface area contributed by atoms with E-state index in [9.17, 15) is 17.6 Å². The molecule has 0 saturated heterocycles. The molecule has 2 N–H and O–H groups in total. The van der Waals surface area contributed by atoms with Crippen LogP contribution in [0.4, 0.5) is 17.6 Å². The van der Waals surface area contributed by atoms with Crippen LogP contribution in [0.1, 0.15) is 6.92 Å². The quantitative estimate of drug-likeness (QED) is 0.648. The fraction of sp³-hybridized carbons (Fsp3) is 1.00. The Morgan fingerprint density at radius 3 is 2.08 bits per heavy atom. The average molecular weight is 206 g/mol. The summed E-state index contributed by atoms with van der Waals surface area (Å²) in [7, 11) is 0. The van der Waals surface area contributed by atoms with E-state index >= 15 is 0 Å². The summed E-state index contributed by atoms with van der Waals surface area (Å²) in [5.41, 5.74) is 0. The van der Waals surface area contributed by atoms with Crippen molar-refractivity contribution in [2.24, 2.45) is 0 Å². The number of hydrogen-bond acceptors (Lipinski definition) is 3. The van der Waals surface area contributed by atoms with Gasteiger partial charge in [0.05, 0.1) is 13.2 Å². The van der Waals surface area contributed by atoms with Crippen LogP contribution >= 0.6 is 0 Å². The predicted octanol–water partition coefficient (Wildman–Crippen LogP) is 0.604. The molecule has 1 unspecified atom stereocenters. The van der Waals surface area contributed by atoms with Gasteiger partial charge in [0.1, 0.15) is 6.10 Å². The molecule has 3 nitrogen and oxygen atoms in total. The van der Waals surface area contributed by atoms with E-state index in [1.54, 1.807) is 0 Å². The topological polar surface area (TPSA) is 49.7 Å². The molecule has 0 aliphatic rings. The molecule has 7 heteroatoms. The van der Waals surface area contributed by atoms with E-state index in [-0.39, 0.29) is 6.92 Å². The van der Waals surface area contributed by atoms with Crippen molar-refractivity contribution in [1.82, 2.24) is 0 Å². The number of aliphatic hydroxyl groups excluding tert-OH is 2. The fourth-order valence-corrected chi connectivity index (χ4v) is 0.380. The van der Waals surface area contributed by atoms with Crippen molar-refractivity contribution >= 4 is 0 Å². The zero-order chi connectivity index (χ0) is 10.7. The van der Waals surface area contributed by atoms with Gasteiger partial charge in [-0.1, -0.05) is 0 Å². The van der Waals surface area contributed by atoms with Crippen LogP contribution in [0, 0.1) is 0 Å². The van der Waals surface area contributed by atoms with E-state index in [2.05, 4.69) is 4.74 Å². The van der Waals surface area contributed by atoms with Crippen LogP contribution in [0.25, 0.3) is 0 Å². The molecule has 0 amide bonds. The molecule has 0 aromatic heterocycles. The Balaban J connectivity index is 4.04. The first-order valence-corrected chi connectivity index (χ1v) is 3.39. The summed E-state index contributed by atoms with van der Waals surface area (Å²) in [6, 6.07) is 0. The van der Waals surface area contributed by atoms with Gasteiger partial charge in [0.15, 0.2) is 0 Å². The Labute approximate surface area is 71.9 Å². The molecule has 0 saturated carbocycles. The molecule has 0 bridgehead atoms. The van der Waals surface area contributed by atoms with Crippen LogP contribution in [0.15, 0.2) is 0 Å². The second kappa shape index (κ2) is 4.21. The number of hydrogen-bond donors (Lipinski definition) is 2. The second-order valence-corrected chi connectivity index (χ2v) is 2.55. The van der Waals surface area contributed by atoms with Crippen molar-refractivity contribution in [3.63, 3.8) is 0 Å². The van der Waals surface area contributed by atoms with E-state index in [0.717, 1.165) is 0 Å². The highest BCUT2D eigenvalue weighted by Crippen LogP contribution is 2.34. The minimum atomic E-state index is -4.64. The van der Waals surface area contributed by atoms with Crippen molar-refractivity contribution in [3.05, 3.63) is 0 Å². The second-order valence-electron chi connectivity index (χ2n) is 2.55. The Hall–Kier alpha value is -0.400. The smallest absolute Gasteiger partial charge is 0.394 e. The lowest BCUT2D eigenvalue weighted by Gasteiger charge is -2.23. The van der Waals surface area contributed by atoms with Gasteiger partial charge in [0.25, 0.3) is 0 Å². The summed E-state index contributed by atoms with van der Waals surface area (Å²) in [5.74, 6) is -4.32. The van der Waals surface area contributed by atoms with Gasteiger partial charge in [-0.3, -0.25) is 0 Å². The summed E-state index contributed by atoms with van der Waals surface area (Å²) in [4.78, 5) is 0. The molecule has 0 aliphatic heterocycles. The minimum absolute atomic E-state index is 0.00166. The van der Waals surface area contributed by atoms with Gasteiger partial charge < -0.3 is 14.9 Å². The highest BCUT2D eigenvalue weighted by molar-refractivity contribution is 4.71. The third-order valence-electron chi connectivity index (χ3n) is 1.18. The number of ether oxygens (including phenoxy) is 1. The van der Waals surface area contributed by atoms with Gasteiger partial charge >= 0.3 is 12.0 Å². The zero-order valence-electron chi connectivity index (χ0n) is 6.81. The van der Waals surface area contributed by atoms with Crippen LogP contribution in [0.3, 0.4) is 0 Å². The molecule has 0 heterocycles. The zero-order valence-corrected chi connectivity index (χ0v) is 6.81. The minimum Gasteiger partial charge on any atom is -0.394 e. The lowest BCUT2D eigenvalue weighted by Crippen LogP contribution is -2.42. The molecular weight excluding hydrogens is 196 g/mol. The van der Waals surface area contributed by atoms with Gasteiger partial charge in [-0.25, -0.2) is 0 Å². The Kier molecular flexibility index (Phi) is 4.08. The third kappa shape index (κ3) is 3.88. The van der Waals surface area contributed by atoms with E-state index in [4.69, 9.17) is 10.2 Å². The first-order chi connectivity index (χ1) is 5.70. The van der Waals surface area contributed by atoms with Crippen LogP contribution in [-0.4, -0.2) is 41.6 Å². The maximum Gasteiger partial charge on any atom is 0.419 e. The highest BCUT2D eigenvalue weighted by atomic mass is 19.3. The molecule has 0 aromatic carbocycles. The monoisotopic (exact) mass is 206 g/mol. The number of aliphatic hydroxyl groups is 2. The molecule has 0 aliphatic carbocycles. The van der Waals surface area contributed by atoms with Crippen molar-refractivity contribution in [3.8, 4) is 0 Å². The summed E-state index contributed by atoms with van der Waals surface area (Å²) in [6.45, 7) is -1.88. The lowest BCUT2D eigenvalue weighted by atomic mass is 10.3. The fourth-order valence-electron chi connectivity index (χ4n) is 0.380. The van der Waals surface area contributed by atoms with Crippen molar-refractivity contribution < 1.29 is 32.5 Å². The molecule has 0 spiro atoms. The number of alkyl halides is 4. The highest BCUT2D eigenvalue weighted by Gasteiger charge is 2.54. The first-order valence-electron chi connectivity index (χ1n) is 3.39. The summed E-state index contributed by atoms with van der Waals surface area (Å²) in [5, 5.41) is 16.7. The van der Waals surface area contributed by atoms with Gasteiger partial charge in [-0.2, -0.15) is 17.6 Å². The van der Waals surface area contributed by atoms with Crippen molar-refractivity contribution in [2.75, 3.05) is 13.2 Å². The van der Waals surface area contributed by atoms with E-state index < -0.39 is 31.3 Å². The normalized spacial score (nSPS) is 15.9. The van der Waals surface area contributed by atoms with Crippen LogP contribution in [0.2, 0.25) is 0 Å². The molecule has 0 radical (unpaired) electrons. The SMILES string of the molecule is CC(F)(F)C(F)(F)OCC(O)CO. The number of halogens is 4. The van der Waals surface area contributed by atoms with Gasteiger partial charge in [-0.05, 0) is 0 Å². The van der Waals surface area contributed by atoms with E-state index in [1.807, 2.05) is 0 Å². The number of rotatable bonds is 5. The molecule has 13 heavy (non-hydrogen) atoms. The van der Waals surface area contributed by atoms with Crippen LogP contribution in [0.5, 0.6) is 0 Å². The van der Waals surface area contributed by atoms with Crippen LogP contribution in [-0.2, 0) is 4.74 Å². The van der Waals surface area contributed by atoms with Gasteiger partial charge in [0.2, 0.25) is 0 Å². The summed E-state index contributed by atoms with van der Waals surface area (Å²) < 4.78 is 52.0. The summed E-state index contributed by atoms with van der Waals surface area (Å²) >= 11 is 0. The molecule has 1 atom stereocenters. The Morgan fingerprint density at radius 2 is 1.77 bits per heavy atom. The molecule has 0 fully saturated rings. The molecule has 0 rings (SSSR count). The maximum atomic E-state index is 12.3. The van der Waals surface area contributed by atoms with E-state index in [1.165, 1.54) is 0 Å². The average Bonchev–Trinajstić information content (AvgIpc) is 1.98. The maximum absolute atomic E-state index is 12.3. The lowest BCUT2D eigenvalue weighted by molar-refractivity contribution is -0.346. The first kappa shape index (κ1) is 12.6. The molecular formula is C6H10F4O3. The molecule has 80 valence electrons. The van der Waals surface area contributed by atoms with Crippen molar-refractivity contribution in [2.45, 2.75) is 25.1 Å². The molecule has 0 aromatic rings. The van der Waals surface area contributed by atoms with Gasteiger partial charge in [0, 0.05) is 6.92 Å². The van der Waals surface area contributed by atoms with E-state index in [0.29, 0.717) is 0 Å². The third-order valence-corrected chi connectivity index (χ3v) is 1.18. The van der Waals surface area contributed by atoms with Gasteiger partial charge in [-0.15, -0.1) is 0 Å². The largest absolute Gasteiger partial charge is 0.419 e. The van der Waals surface area contributed by atoms with Crippen LogP contribution < -0.4 is 0 Å². The summed E-state index contributed by atoms with van der Waals surface area (Å²) in [6.07, 6.45) is -6.23. The standard InChI is InChI=1S/C6H10F4O3/c1-5(7,8)6(9,10)13-3-4(12)2-11/h4,11-12H,2-3H2,1H3. The Bertz CT molecular complexity index is 156. The van der Waals surface area contributed by atoms with Crippen molar-refractivity contribution in [1.29, 1.82) is 0 Å².